The van der Waals surface area contributed by atoms with E-state index in [0.29, 0.717) is 23.2 Å². The van der Waals surface area contributed by atoms with Crippen molar-refractivity contribution >= 4 is 17.4 Å². The zero-order valence-corrected chi connectivity index (χ0v) is 17.3. The van der Waals surface area contributed by atoms with Gasteiger partial charge in [-0.3, -0.25) is 9.78 Å². The maximum atomic E-state index is 12.5. The fraction of sp³-hybridized carbons (Fsp3) is 0.304. The molecule has 166 valence electrons. The van der Waals surface area contributed by atoms with Gasteiger partial charge in [0.1, 0.15) is 17.3 Å². The van der Waals surface area contributed by atoms with Gasteiger partial charge in [0.2, 0.25) is 5.78 Å². The number of nitrogens with one attached hydrogen (secondary N) is 1. The molecule has 4 rings (SSSR count). The van der Waals surface area contributed by atoms with Crippen LogP contribution in [0.4, 0.5) is 24.8 Å². The molecule has 0 bridgehead atoms. The highest BCUT2D eigenvalue weighted by Gasteiger charge is 2.37. The topological polar surface area (TPSA) is 71.0 Å². The van der Waals surface area contributed by atoms with Gasteiger partial charge in [0.05, 0.1) is 0 Å². The minimum absolute atomic E-state index is 0.179. The Kier molecular flexibility index (Phi) is 6.34. The van der Waals surface area contributed by atoms with Crippen LogP contribution >= 0.6 is 0 Å². The van der Waals surface area contributed by atoms with Crippen LogP contribution in [0, 0.1) is 0 Å². The van der Waals surface area contributed by atoms with Gasteiger partial charge in [-0.2, -0.15) is 13.2 Å². The number of ketones is 1. The van der Waals surface area contributed by atoms with Gasteiger partial charge in [-0.05, 0) is 36.1 Å². The number of hydrogen-bond donors (Lipinski definition) is 1. The number of halogens is 3. The molecule has 0 aliphatic carbocycles. The van der Waals surface area contributed by atoms with Crippen LogP contribution in [0.1, 0.15) is 17.5 Å². The van der Waals surface area contributed by atoms with Gasteiger partial charge in [-0.25, -0.2) is 9.97 Å². The van der Waals surface area contributed by atoms with Crippen molar-refractivity contribution in [3.8, 4) is 11.5 Å². The Labute approximate surface area is 183 Å². The molecule has 0 atom stereocenters. The fourth-order valence-electron chi connectivity index (χ4n) is 3.64. The second-order valence-corrected chi connectivity index (χ2v) is 7.50. The zero-order chi connectivity index (χ0) is 22.6. The van der Waals surface area contributed by atoms with E-state index in [0.717, 1.165) is 25.9 Å². The average molecular weight is 441 g/mol. The van der Waals surface area contributed by atoms with Crippen LogP contribution < -0.4 is 10.2 Å². The molecule has 0 spiro atoms. The van der Waals surface area contributed by atoms with Gasteiger partial charge in [0.25, 0.3) is 0 Å². The summed E-state index contributed by atoms with van der Waals surface area (Å²) in [5.74, 6) is -0.380. The Bertz CT molecular complexity index is 1060. The van der Waals surface area contributed by atoms with E-state index in [2.05, 4.69) is 37.3 Å². The zero-order valence-electron chi connectivity index (χ0n) is 17.3. The molecule has 0 radical (unpaired) electrons. The monoisotopic (exact) mass is 441 g/mol. The van der Waals surface area contributed by atoms with E-state index in [1.54, 1.807) is 24.4 Å². The first-order valence-electron chi connectivity index (χ1n) is 10.4. The van der Waals surface area contributed by atoms with Crippen LogP contribution in [-0.2, 0) is 17.6 Å². The molecule has 1 aliphatic rings. The summed E-state index contributed by atoms with van der Waals surface area (Å²) in [5, 5.41) is 2.84. The van der Waals surface area contributed by atoms with Gasteiger partial charge >= 0.3 is 6.18 Å². The molecule has 0 saturated heterocycles. The van der Waals surface area contributed by atoms with Gasteiger partial charge in [0.15, 0.2) is 5.82 Å². The van der Waals surface area contributed by atoms with E-state index >= 15 is 0 Å². The third kappa shape index (κ3) is 5.22. The summed E-state index contributed by atoms with van der Waals surface area (Å²) in [7, 11) is 0. The first-order chi connectivity index (χ1) is 15.4. The van der Waals surface area contributed by atoms with E-state index in [4.69, 9.17) is 0 Å². The SMILES string of the molecule is O=C(CCNc1cc(N2CCc3ccccc3CC2)nc(-c2ccccn2)n1)C(F)(F)F. The lowest BCUT2D eigenvalue weighted by atomic mass is 10.0. The van der Waals surface area contributed by atoms with Crippen molar-refractivity contribution in [1.29, 1.82) is 0 Å². The van der Waals surface area contributed by atoms with E-state index in [-0.39, 0.29) is 6.54 Å². The molecule has 3 aromatic rings. The number of carbonyl (C=O) groups is 1. The normalized spacial score (nSPS) is 13.9. The van der Waals surface area contributed by atoms with Crippen LogP contribution in [0.15, 0.2) is 54.7 Å². The molecule has 1 aliphatic heterocycles. The molecule has 32 heavy (non-hydrogen) atoms. The maximum absolute atomic E-state index is 12.5. The Morgan fingerprint density at radius 1 is 1.00 bits per heavy atom. The second kappa shape index (κ2) is 9.33. The number of aromatic nitrogens is 3. The Morgan fingerprint density at radius 2 is 1.69 bits per heavy atom. The molecule has 0 unspecified atom stereocenters. The molecule has 1 aromatic carbocycles. The predicted molar refractivity (Wildman–Crippen MR) is 115 cm³/mol. The summed E-state index contributed by atoms with van der Waals surface area (Å²) >= 11 is 0. The molecule has 0 amide bonds. The lowest BCUT2D eigenvalue weighted by Crippen LogP contribution is -2.27. The highest BCUT2D eigenvalue weighted by Crippen LogP contribution is 2.25. The number of alkyl halides is 3. The number of fused-ring (bicyclic) bond motifs is 1. The first-order valence-corrected chi connectivity index (χ1v) is 10.4. The van der Waals surface area contributed by atoms with Gasteiger partial charge in [0, 0.05) is 38.3 Å². The molecular weight excluding hydrogens is 419 g/mol. The fourth-order valence-corrected chi connectivity index (χ4v) is 3.64. The minimum atomic E-state index is -4.83. The summed E-state index contributed by atoms with van der Waals surface area (Å²) < 4.78 is 37.5. The number of pyridine rings is 1. The van der Waals surface area contributed by atoms with Gasteiger partial charge in [-0.1, -0.05) is 30.3 Å². The van der Waals surface area contributed by atoms with Crippen molar-refractivity contribution in [1.82, 2.24) is 15.0 Å². The molecule has 2 aromatic heterocycles. The predicted octanol–water partition coefficient (Wildman–Crippen LogP) is 4.08. The first kappa shape index (κ1) is 21.7. The quantitative estimate of drug-likeness (QED) is 0.622. The van der Waals surface area contributed by atoms with Gasteiger partial charge in [-0.15, -0.1) is 0 Å². The van der Waals surface area contributed by atoms with Crippen LogP contribution in [0.5, 0.6) is 0 Å². The lowest BCUT2D eigenvalue weighted by molar-refractivity contribution is -0.170. The summed E-state index contributed by atoms with van der Waals surface area (Å²) in [6.07, 6.45) is -2.15. The molecule has 0 saturated carbocycles. The van der Waals surface area contributed by atoms with Crippen molar-refractivity contribution in [2.24, 2.45) is 0 Å². The second-order valence-electron chi connectivity index (χ2n) is 7.50. The van der Waals surface area contributed by atoms with Crippen molar-refractivity contribution in [3.63, 3.8) is 0 Å². The number of carbonyl (C=O) groups excluding carboxylic acids is 1. The van der Waals surface area contributed by atoms with E-state index in [1.165, 1.54) is 11.1 Å². The van der Waals surface area contributed by atoms with E-state index in [9.17, 15) is 18.0 Å². The molecule has 3 heterocycles. The molecule has 9 heteroatoms. The minimum Gasteiger partial charge on any atom is -0.369 e. The number of anilines is 2. The van der Waals surface area contributed by atoms with E-state index in [1.807, 2.05) is 18.2 Å². The van der Waals surface area contributed by atoms with Crippen LogP contribution in [-0.4, -0.2) is 46.5 Å². The number of hydrogen-bond acceptors (Lipinski definition) is 6. The number of nitrogens with zero attached hydrogens (tertiary/aromatic N) is 4. The van der Waals surface area contributed by atoms with Crippen LogP contribution in [0.25, 0.3) is 11.5 Å². The highest BCUT2D eigenvalue weighted by atomic mass is 19.4. The third-order valence-electron chi connectivity index (χ3n) is 5.33. The maximum Gasteiger partial charge on any atom is 0.450 e. The molecule has 6 nitrogen and oxygen atoms in total. The molecule has 0 fully saturated rings. The van der Waals surface area contributed by atoms with Gasteiger partial charge < -0.3 is 10.2 Å². The molecular formula is C23H22F3N5O. The highest BCUT2D eigenvalue weighted by molar-refractivity contribution is 5.84. The van der Waals surface area contributed by atoms with Crippen molar-refractivity contribution < 1.29 is 18.0 Å². The van der Waals surface area contributed by atoms with Crippen molar-refractivity contribution in [2.75, 3.05) is 29.9 Å². The number of Topliss-reactive ketones (excluding diaryl/α,β-unsaturated/α-hetero) is 1. The van der Waals surface area contributed by atoms with Crippen LogP contribution in [0.2, 0.25) is 0 Å². The van der Waals surface area contributed by atoms with Crippen molar-refractivity contribution in [3.05, 3.63) is 65.9 Å². The average Bonchev–Trinajstić information content (AvgIpc) is 3.02. The van der Waals surface area contributed by atoms with E-state index < -0.39 is 18.4 Å². The summed E-state index contributed by atoms with van der Waals surface area (Å²) in [4.78, 5) is 26.7. The van der Waals surface area contributed by atoms with Crippen molar-refractivity contribution in [2.45, 2.75) is 25.4 Å². The Morgan fingerprint density at radius 3 is 2.31 bits per heavy atom. The largest absolute Gasteiger partial charge is 0.450 e. The summed E-state index contributed by atoms with van der Waals surface area (Å²) in [5.41, 5.74) is 3.16. The summed E-state index contributed by atoms with van der Waals surface area (Å²) in [6, 6.07) is 15.4. The number of benzene rings is 1. The standard InChI is InChI=1S/C23H22F3N5O/c24-23(25,26)19(32)8-12-28-20-15-21(30-22(29-20)18-7-3-4-11-27-18)31-13-9-16-5-1-2-6-17(16)10-14-31/h1-7,11,15H,8-10,12-14H2,(H,28,29,30). The van der Waals surface area contributed by atoms with Crippen LogP contribution in [0.3, 0.4) is 0 Å². The number of rotatable bonds is 6. The third-order valence-corrected chi connectivity index (χ3v) is 5.33. The Hall–Kier alpha value is -3.49. The Balaban J connectivity index is 1.57. The molecule has 1 N–H and O–H groups in total. The lowest BCUT2D eigenvalue weighted by Gasteiger charge is -2.22. The smallest absolute Gasteiger partial charge is 0.369 e. The summed E-state index contributed by atoms with van der Waals surface area (Å²) in [6.45, 7) is 1.32.